The van der Waals surface area contributed by atoms with Gasteiger partial charge in [-0.15, -0.1) is 48.3 Å². The molecule has 0 radical (unpaired) electrons. The van der Waals surface area contributed by atoms with Crippen LogP contribution in [0.25, 0.3) is 87.8 Å². The Kier molecular flexibility index (Phi) is 17.9. The molecule has 0 spiro atoms. The number of aromatic nitrogens is 2. The monoisotopic (exact) mass is 1510 g/mol. The van der Waals surface area contributed by atoms with Crippen LogP contribution in [0, 0.1) is 25.4 Å². The third kappa shape index (κ3) is 13.5. The van der Waals surface area contributed by atoms with E-state index in [-0.39, 0.29) is 64.4 Å². The van der Waals surface area contributed by atoms with Gasteiger partial charge in [0.05, 0.1) is 6.57 Å². The second kappa shape index (κ2) is 25.1. The second-order valence-corrected chi connectivity index (χ2v) is 36.3. The zero-order valence-electron chi connectivity index (χ0n) is 64.0. The van der Waals surface area contributed by atoms with Crippen molar-refractivity contribution in [3.8, 4) is 50.7 Å². The first-order valence-corrected chi connectivity index (χ1v) is 35.7. The van der Waals surface area contributed by atoms with Crippen molar-refractivity contribution in [3.05, 3.63) is 239 Å². The van der Waals surface area contributed by atoms with Crippen LogP contribution in [0.4, 0.5) is 28.4 Å². The summed E-state index contributed by atoms with van der Waals surface area (Å²) in [6.45, 7) is 66.1. The summed E-state index contributed by atoms with van der Waals surface area (Å²) in [7, 11) is 0. The van der Waals surface area contributed by atoms with Crippen LogP contribution < -0.4 is 14.5 Å². The van der Waals surface area contributed by atoms with E-state index in [9.17, 15) is 0 Å². The number of pyridine rings is 1. The van der Waals surface area contributed by atoms with Crippen LogP contribution in [0.15, 0.2) is 168 Å². The Morgan fingerprint density at radius 1 is 0.436 bits per heavy atom. The molecule has 101 heavy (non-hydrogen) atoms. The molecule has 0 saturated heterocycles. The van der Waals surface area contributed by atoms with Crippen LogP contribution in [0.1, 0.15) is 211 Å². The summed E-state index contributed by atoms with van der Waals surface area (Å²) < 4.78 is 16.4. The summed E-state index contributed by atoms with van der Waals surface area (Å²) >= 11 is 0. The molecule has 13 rings (SSSR count). The first-order valence-electron chi connectivity index (χ1n) is 35.7. The predicted molar refractivity (Wildman–Crippen MR) is 424 cm³/mol. The number of benzene rings is 9. The average Bonchev–Trinajstić information content (AvgIpc) is 1.61. The molecule has 0 N–H and O–H groups in total. The fourth-order valence-electron chi connectivity index (χ4n) is 14.3. The number of fused-ring (bicyclic) bond motifs is 8. The molecule has 522 valence electrons. The topological polar surface area (TPSA) is 51.0 Å². The van der Waals surface area contributed by atoms with Gasteiger partial charge < -0.3 is 23.5 Å². The van der Waals surface area contributed by atoms with E-state index in [1.54, 1.807) is 0 Å². The van der Waals surface area contributed by atoms with E-state index in [1.165, 1.54) is 66.8 Å². The molecular formula is C93H100N5O2Pt-3. The summed E-state index contributed by atoms with van der Waals surface area (Å²) in [5.41, 5.74) is 23.1. The van der Waals surface area contributed by atoms with Crippen molar-refractivity contribution in [2.45, 2.75) is 209 Å². The third-order valence-electron chi connectivity index (χ3n) is 20.3. The number of para-hydroxylation sites is 3. The second-order valence-electron chi connectivity index (χ2n) is 36.3. The van der Waals surface area contributed by atoms with E-state index >= 15 is 0 Å². The Labute approximate surface area is 616 Å². The maximum absolute atomic E-state index is 8.08. The standard InChI is InChI=1S/C93H100N5O2.Pt/c1-86(2,3)59-40-41-95-80(52-59)98-78-39-38-69-68-30-28-33-75(94-25)84(68)100-85(69)82(78)70-37-36-66(54-79(70)98)99-67-47-58(81-73(92(19,20)21)31-29-32-74(81)93(22,23)24)46-65(53-67)96-55-97(77-35-27-26-34-76(77)96)83-71(56-42-60(87(4,5)6)48-61(43-56)88(7,8)9)50-64(91(16,17)18)51-72(83)57-44-62(89(10,11)12)49-63(45-57)90(13,14)15;/h26-52,55H,1-24H3;/q-3;. The van der Waals surface area contributed by atoms with E-state index in [2.05, 4.69) is 338 Å². The maximum atomic E-state index is 8.08. The molecule has 0 saturated carbocycles. The number of hydrogen-bond acceptors (Lipinski definition) is 5. The molecule has 0 bridgehead atoms. The molecule has 7 nitrogen and oxygen atoms in total. The molecule has 1 aliphatic rings. The molecule has 0 atom stereocenters. The maximum Gasteiger partial charge on any atom is 0.229 e. The molecule has 9 aromatic carbocycles. The van der Waals surface area contributed by atoms with Gasteiger partial charge in [-0.1, -0.05) is 262 Å². The molecule has 0 unspecified atom stereocenters. The van der Waals surface area contributed by atoms with E-state index in [4.69, 9.17) is 20.7 Å². The smallest absolute Gasteiger partial charge is 0.229 e. The quantitative estimate of drug-likeness (QED) is 0.142. The number of nitrogens with zero attached hydrogens (tertiary/aromatic N) is 5. The molecule has 0 fully saturated rings. The Hall–Kier alpha value is -8.69. The van der Waals surface area contributed by atoms with Crippen LogP contribution in [0.2, 0.25) is 0 Å². The van der Waals surface area contributed by atoms with Crippen LogP contribution in [-0.4, -0.2) is 9.55 Å². The van der Waals surface area contributed by atoms with Gasteiger partial charge in [0, 0.05) is 83.2 Å². The summed E-state index contributed by atoms with van der Waals surface area (Å²) in [6.07, 6.45) is 1.90. The number of ether oxygens (including phenoxy) is 1. The normalized spacial score (nSPS) is 13.6. The van der Waals surface area contributed by atoms with Crippen LogP contribution >= 0.6 is 0 Å². The molecule has 0 amide bonds. The van der Waals surface area contributed by atoms with Crippen molar-refractivity contribution >= 4 is 72.2 Å². The molecule has 12 aromatic rings. The van der Waals surface area contributed by atoms with E-state index < -0.39 is 0 Å². The van der Waals surface area contributed by atoms with Gasteiger partial charge in [0.2, 0.25) is 5.69 Å². The number of furan rings is 1. The predicted octanol–water partition coefficient (Wildman–Crippen LogP) is 26.8. The summed E-state index contributed by atoms with van der Waals surface area (Å²) in [5.74, 6) is 1.80. The minimum Gasteiger partial charge on any atom is -0.509 e. The molecule has 1 aliphatic heterocycles. The van der Waals surface area contributed by atoms with Crippen molar-refractivity contribution in [2.75, 3.05) is 9.80 Å². The summed E-state index contributed by atoms with van der Waals surface area (Å²) in [5, 5.41) is 3.67. The Morgan fingerprint density at radius 2 is 0.931 bits per heavy atom. The van der Waals surface area contributed by atoms with Crippen LogP contribution in [0.3, 0.4) is 0 Å². The molecule has 0 aliphatic carbocycles. The van der Waals surface area contributed by atoms with Crippen LogP contribution in [-0.2, 0) is 64.4 Å². The third-order valence-corrected chi connectivity index (χ3v) is 20.3. The van der Waals surface area contributed by atoms with Gasteiger partial charge in [0.1, 0.15) is 17.0 Å². The van der Waals surface area contributed by atoms with Crippen molar-refractivity contribution in [2.24, 2.45) is 0 Å². The summed E-state index contributed by atoms with van der Waals surface area (Å²) in [6, 6.07) is 66.2. The van der Waals surface area contributed by atoms with Crippen molar-refractivity contribution in [3.63, 3.8) is 0 Å². The van der Waals surface area contributed by atoms with Gasteiger partial charge in [0.25, 0.3) is 0 Å². The minimum absolute atomic E-state index is 0. The first kappa shape index (κ1) is 72.1. The number of hydrogen-bond donors (Lipinski definition) is 0. The fourth-order valence-corrected chi connectivity index (χ4v) is 14.3. The Balaban J connectivity index is 0.00000965. The van der Waals surface area contributed by atoms with Crippen molar-refractivity contribution in [1.82, 2.24) is 9.55 Å². The Morgan fingerprint density at radius 3 is 1.45 bits per heavy atom. The number of rotatable bonds is 8. The zero-order chi connectivity index (χ0) is 72.1. The van der Waals surface area contributed by atoms with E-state index in [0.717, 1.165) is 72.3 Å². The zero-order valence-corrected chi connectivity index (χ0v) is 66.3. The molecule has 3 aromatic heterocycles. The fraction of sp³-hybridized carbons (Fsp3) is 0.344. The molecule has 8 heteroatoms. The summed E-state index contributed by atoms with van der Waals surface area (Å²) in [4.78, 5) is 13.8. The van der Waals surface area contributed by atoms with Gasteiger partial charge >= 0.3 is 0 Å². The Bertz CT molecular complexity index is 5110. The van der Waals surface area contributed by atoms with Crippen LogP contribution in [0.5, 0.6) is 11.5 Å². The first-order chi connectivity index (χ1) is 46.6. The van der Waals surface area contributed by atoms with E-state index in [1.807, 2.05) is 30.5 Å². The average molecular weight is 1510 g/mol. The SMILES string of the molecule is [C-]#[N+]c1cccc2c1oc1c2ccc2c1c1ccc(Oc3[c-]c(N4[CH-]N(c5c(-c6cc(C(C)(C)C)cc(C(C)(C)C)c6)cc(C(C)(C)C)cc5-c5cc(C(C)(C)C)cc(C(C)(C)C)c5)c5ccccc54)cc(-c4c(C(C)(C)C)cccc4C(C)(C)C)c3)[c-]c1n2-c1cc(C(C)(C)C)ccn1.[Pt]. The van der Waals surface area contributed by atoms with Gasteiger partial charge in [-0.25, -0.2) is 9.83 Å². The van der Waals surface area contributed by atoms with Crippen molar-refractivity contribution in [1.29, 1.82) is 0 Å². The van der Waals surface area contributed by atoms with E-state index in [0.29, 0.717) is 28.4 Å². The van der Waals surface area contributed by atoms with Gasteiger partial charge in [-0.3, -0.25) is 0 Å². The van der Waals surface area contributed by atoms with Gasteiger partial charge in [-0.05, 0) is 158 Å². The van der Waals surface area contributed by atoms with Gasteiger partial charge in [0.15, 0.2) is 0 Å². The van der Waals surface area contributed by atoms with Gasteiger partial charge in [-0.2, -0.15) is 6.07 Å². The number of anilines is 4. The molecular weight excluding hydrogens is 1410 g/mol. The molecule has 4 heterocycles. The largest absolute Gasteiger partial charge is 0.509 e. The minimum atomic E-state index is -0.228. The van der Waals surface area contributed by atoms with Crippen molar-refractivity contribution < 1.29 is 30.2 Å².